The highest BCUT2D eigenvalue weighted by Gasteiger charge is 2.26. The van der Waals surface area contributed by atoms with E-state index in [2.05, 4.69) is 10.3 Å². The molecule has 0 saturated carbocycles. The fraction of sp³-hybridized carbons (Fsp3) is 0.500. The number of carbonyl (C=O) groups is 1. The highest BCUT2D eigenvalue weighted by molar-refractivity contribution is 7.13. The van der Waals surface area contributed by atoms with E-state index in [0.29, 0.717) is 13.0 Å². The number of aliphatic hydroxyl groups excluding tert-OH is 1. The van der Waals surface area contributed by atoms with Crippen molar-refractivity contribution in [2.45, 2.75) is 38.3 Å². The summed E-state index contributed by atoms with van der Waals surface area (Å²) in [5.74, 6) is 0.742. The monoisotopic (exact) mass is 335 g/mol. The maximum Gasteiger partial charge on any atom is 0.317 e. The van der Waals surface area contributed by atoms with Gasteiger partial charge >= 0.3 is 6.03 Å². The summed E-state index contributed by atoms with van der Waals surface area (Å²) in [6, 6.07) is 3.77. The number of thiazole rings is 1. The van der Waals surface area contributed by atoms with Crippen molar-refractivity contribution in [1.29, 1.82) is 0 Å². The molecular weight excluding hydrogens is 314 g/mol. The number of piperidine rings is 1. The lowest BCUT2D eigenvalue weighted by atomic mass is 10.0. The van der Waals surface area contributed by atoms with Crippen LogP contribution in [-0.4, -0.2) is 40.2 Å². The van der Waals surface area contributed by atoms with Crippen molar-refractivity contribution in [3.05, 3.63) is 29.5 Å². The van der Waals surface area contributed by atoms with Crippen LogP contribution in [0, 0.1) is 0 Å². The van der Waals surface area contributed by atoms with E-state index in [9.17, 15) is 4.79 Å². The Kier molecular flexibility index (Phi) is 5.30. The number of nitrogens with one attached hydrogen (secondary N) is 1. The van der Waals surface area contributed by atoms with Gasteiger partial charge in [0, 0.05) is 24.6 Å². The van der Waals surface area contributed by atoms with Crippen LogP contribution in [0.4, 0.5) is 4.79 Å². The first-order valence-electron chi connectivity index (χ1n) is 7.91. The summed E-state index contributed by atoms with van der Waals surface area (Å²) in [6.07, 6.45) is 5.37. The first-order chi connectivity index (χ1) is 11.3. The van der Waals surface area contributed by atoms with Crippen molar-refractivity contribution < 1.29 is 14.3 Å². The number of carbonyl (C=O) groups excluding carboxylic acids is 1. The standard InChI is InChI=1S/C16H21N3O3S/c20-8-6-13-4-1-2-7-19(13)16(21)17-10-12-11-23-15(18-12)14-5-3-9-22-14/h3,5,9,11,13,20H,1-2,4,6-8,10H2,(H,17,21). The van der Waals surface area contributed by atoms with E-state index in [-0.39, 0.29) is 18.7 Å². The third-order valence-corrected chi connectivity index (χ3v) is 4.96. The molecule has 2 N–H and O–H groups in total. The Bertz CT molecular complexity index is 624. The average Bonchev–Trinajstić information content (AvgIpc) is 3.24. The van der Waals surface area contributed by atoms with Gasteiger partial charge in [0.05, 0.1) is 18.5 Å². The molecule has 2 aromatic heterocycles. The van der Waals surface area contributed by atoms with Crippen LogP contribution in [0.25, 0.3) is 10.8 Å². The summed E-state index contributed by atoms with van der Waals surface area (Å²) in [5.41, 5.74) is 0.825. The molecule has 0 bridgehead atoms. The minimum Gasteiger partial charge on any atom is -0.462 e. The first kappa shape index (κ1) is 16.0. The number of nitrogens with zero attached hydrogens (tertiary/aromatic N) is 2. The van der Waals surface area contributed by atoms with Gasteiger partial charge in [-0.1, -0.05) is 0 Å². The first-order valence-corrected chi connectivity index (χ1v) is 8.79. The van der Waals surface area contributed by atoms with Gasteiger partial charge in [-0.05, 0) is 37.8 Å². The molecule has 1 fully saturated rings. The second kappa shape index (κ2) is 7.61. The quantitative estimate of drug-likeness (QED) is 0.881. The van der Waals surface area contributed by atoms with Crippen LogP contribution in [-0.2, 0) is 6.54 Å². The summed E-state index contributed by atoms with van der Waals surface area (Å²) < 4.78 is 5.32. The van der Waals surface area contributed by atoms with Gasteiger partial charge < -0.3 is 19.7 Å². The molecule has 2 amide bonds. The van der Waals surface area contributed by atoms with E-state index < -0.39 is 0 Å². The summed E-state index contributed by atoms with van der Waals surface area (Å²) in [6.45, 7) is 1.27. The van der Waals surface area contributed by atoms with Crippen LogP contribution in [0.2, 0.25) is 0 Å². The van der Waals surface area contributed by atoms with E-state index in [1.54, 1.807) is 6.26 Å². The number of amides is 2. The molecule has 6 nitrogen and oxygen atoms in total. The zero-order valence-corrected chi connectivity index (χ0v) is 13.7. The predicted molar refractivity (Wildman–Crippen MR) is 88.1 cm³/mol. The van der Waals surface area contributed by atoms with Gasteiger partial charge in [-0.25, -0.2) is 9.78 Å². The molecule has 3 rings (SSSR count). The zero-order valence-electron chi connectivity index (χ0n) is 12.9. The molecule has 124 valence electrons. The summed E-state index contributed by atoms with van der Waals surface area (Å²) in [7, 11) is 0. The topological polar surface area (TPSA) is 78.6 Å². The van der Waals surface area contributed by atoms with Crippen molar-refractivity contribution in [1.82, 2.24) is 15.2 Å². The van der Waals surface area contributed by atoms with E-state index in [1.165, 1.54) is 11.3 Å². The van der Waals surface area contributed by atoms with Crippen molar-refractivity contribution in [2.75, 3.05) is 13.2 Å². The maximum atomic E-state index is 12.4. The highest BCUT2D eigenvalue weighted by Crippen LogP contribution is 2.24. The Hall–Kier alpha value is -1.86. The normalized spacial score (nSPS) is 18.1. The number of furan rings is 1. The molecule has 1 aliphatic heterocycles. The molecule has 1 atom stereocenters. The van der Waals surface area contributed by atoms with Gasteiger partial charge in [-0.3, -0.25) is 0 Å². The van der Waals surface area contributed by atoms with Crippen LogP contribution in [0.15, 0.2) is 28.2 Å². The molecule has 0 aliphatic carbocycles. The van der Waals surface area contributed by atoms with Gasteiger partial charge in [-0.15, -0.1) is 11.3 Å². The van der Waals surface area contributed by atoms with E-state index >= 15 is 0 Å². The Morgan fingerprint density at radius 2 is 2.43 bits per heavy atom. The van der Waals surface area contributed by atoms with Crippen molar-refractivity contribution in [3.8, 4) is 10.8 Å². The molecule has 7 heteroatoms. The van der Waals surface area contributed by atoms with Crippen molar-refractivity contribution in [3.63, 3.8) is 0 Å². The molecule has 0 radical (unpaired) electrons. The van der Waals surface area contributed by atoms with Crippen molar-refractivity contribution in [2.24, 2.45) is 0 Å². The molecule has 0 spiro atoms. The lowest BCUT2D eigenvalue weighted by Gasteiger charge is -2.35. The van der Waals surface area contributed by atoms with E-state index in [1.807, 2.05) is 22.4 Å². The number of urea groups is 1. The second-order valence-corrected chi connectivity index (χ2v) is 6.49. The number of aromatic nitrogens is 1. The fourth-order valence-corrected chi connectivity index (χ4v) is 3.67. The lowest BCUT2D eigenvalue weighted by molar-refractivity contribution is 0.131. The summed E-state index contributed by atoms with van der Waals surface area (Å²) in [4.78, 5) is 18.7. The van der Waals surface area contributed by atoms with Crippen LogP contribution < -0.4 is 5.32 Å². The predicted octanol–water partition coefficient (Wildman–Crippen LogP) is 2.85. The van der Waals surface area contributed by atoms with Gasteiger partial charge in [-0.2, -0.15) is 0 Å². The number of hydrogen-bond acceptors (Lipinski definition) is 5. The smallest absolute Gasteiger partial charge is 0.317 e. The minimum atomic E-state index is -0.0734. The summed E-state index contributed by atoms with van der Waals surface area (Å²) in [5, 5.41) is 14.8. The Morgan fingerprint density at radius 3 is 3.22 bits per heavy atom. The second-order valence-electron chi connectivity index (χ2n) is 5.64. The fourth-order valence-electron chi connectivity index (χ4n) is 2.89. The molecule has 3 heterocycles. The Labute approximate surface area is 139 Å². The number of rotatable bonds is 5. The van der Waals surface area contributed by atoms with Gasteiger partial charge in [0.1, 0.15) is 0 Å². The van der Waals surface area contributed by atoms with Crippen LogP contribution in [0.3, 0.4) is 0 Å². The molecular formula is C16H21N3O3S. The number of likely N-dealkylation sites (tertiary alicyclic amines) is 1. The highest BCUT2D eigenvalue weighted by atomic mass is 32.1. The van der Waals surface area contributed by atoms with Gasteiger partial charge in [0.25, 0.3) is 0 Å². The molecule has 2 aromatic rings. The third-order valence-electron chi connectivity index (χ3n) is 4.05. The average molecular weight is 335 g/mol. The molecule has 1 unspecified atom stereocenters. The third kappa shape index (κ3) is 3.92. The SMILES string of the molecule is O=C(NCc1csc(-c2ccco2)n1)N1CCCCC1CCO. The van der Waals surface area contributed by atoms with Crippen LogP contribution in [0.5, 0.6) is 0 Å². The molecule has 1 aliphatic rings. The number of aliphatic hydroxyl groups is 1. The number of hydrogen-bond donors (Lipinski definition) is 2. The molecule has 1 saturated heterocycles. The largest absolute Gasteiger partial charge is 0.462 e. The van der Waals surface area contributed by atoms with Crippen molar-refractivity contribution >= 4 is 17.4 Å². The van der Waals surface area contributed by atoms with Crippen LogP contribution >= 0.6 is 11.3 Å². The minimum absolute atomic E-state index is 0.0734. The lowest BCUT2D eigenvalue weighted by Crippen LogP contribution is -2.48. The van der Waals surface area contributed by atoms with Crippen LogP contribution in [0.1, 0.15) is 31.4 Å². The Morgan fingerprint density at radius 1 is 1.52 bits per heavy atom. The molecule has 0 aromatic carbocycles. The van der Waals surface area contributed by atoms with Gasteiger partial charge in [0.2, 0.25) is 0 Å². The molecule has 23 heavy (non-hydrogen) atoms. The van der Waals surface area contributed by atoms with E-state index in [0.717, 1.165) is 42.3 Å². The van der Waals surface area contributed by atoms with Gasteiger partial charge in [0.15, 0.2) is 10.8 Å². The van der Waals surface area contributed by atoms with E-state index in [4.69, 9.17) is 9.52 Å². The maximum absolute atomic E-state index is 12.4. The zero-order chi connectivity index (χ0) is 16.1. The summed E-state index contributed by atoms with van der Waals surface area (Å²) >= 11 is 1.50. The Balaban J connectivity index is 1.56.